The number of hydrogen-bond donors (Lipinski definition) is 0. The first-order valence-corrected chi connectivity index (χ1v) is 8.06. The van der Waals surface area contributed by atoms with Crippen LogP contribution in [0.4, 0.5) is 0 Å². The van der Waals surface area contributed by atoms with Crippen LogP contribution in [0.15, 0.2) is 65.2 Å². The highest BCUT2D eigenvalue weighted by atomic mass is 16.5. The predicted octanol–water partition coefficient (Wildman–Crippen LogP) is 4.49. The summed E-state index contributed by atoms with van der Waals surface area (Å²) in [5, 5.41) is 0. The van der Waals surface area contributed by atoms with Crippen LogP contribution in [0.3, 0.4) is 0 Å². The first-order chi connectivity index (χ1) is 12.1. The molecule has 0 radical (unpaired) electrons. The fraction of sp³-hybridized carbons (Fsp3) is 0.200. The van der Waals surface area contributed by atoms with Crippen molar-refractivity contribution in [3.8, 4) is 17.1 Å². The van der Waals surface area contributed by atoms with Crippen molar-refractivity contribution in [2.45, 2.75) is 26.6 Å². The molecule has 0 saturated heterocycles. The second kappa shape index (κ2) is 7.66. The Hall–Kier alpha value is -3.08. The van der Waals surface area contributed by atoms with Gasteiger partial charge < -0.3 is 13.9 Å². The van der Waals surface area contributed by atoms with Crippen LogP contribution < -0.4 is 4.74 Å². The Balaban J connectivity index is 1.59. The predicted molar refractivity (Wildman–Crippen MR) is 93.3 cm³/mol. The Kier molecular flexibility index (Phi) is 5.14. The van der Waals surface area contributed by atoms with E-state index in [0.717, 1.165) is 5.56 Å². The van der Waals surface area contributed by atoms with Crippen molar-refractivity contribution in [3.63, 3.8) is 0 Å². The van der Waals surface area contributed by atoms with E-state index in [4.69, 9.17) is 13.9 Å². The molecule has 5 nitrogen and oxygen atoms in total. The second-order valence-corrected chi connectivity index (χ2v) is 5.75. The summed E-state index contributed by atoms with van der Waals surface area (Å²) in [6.45, 7) is 3.84. The quantitative estimate of drug-likeness (QED) is 0.620. The summed E-state index contributed by atoms with van der Waals surface area (Å²) in [6.07, 6.45) is 1.53. The molecule has 1 aromatic heterocycles. The van der Waals surface area contributed by atoms with E-state index in [1.54, 1.807) is 30.5 Å². The minimum absolute atomic E-state index is 0.146. The Labute approximate surface area is 146 Å². The maximum Gasteiger partial charge on any atom is 0.338 e. The minimum atomic E-state index is -0.346. The molecule has 1 heterocycles. The number of carbonyl (C=O) groups excluding carboxylic acids is 1. The lowest BCUT2D eigenvalue weighted by Crippen LogP contribution is -2.11. The van der Waals surface area contributed by atoms with E-state index >= 15 is 0 Å². The van der Waals surface area contributed by atoms with Gasteiger partial charge in [0.15, 0.2) is 12.4 Å². The summed E-state index contributed by atoms with van der Waals surface area (Å²) in [5.74, 6) is 1.47. The summed E-state index contributed by atoms with van der Waals surface area (Å²) >= 11 is 0. The maximum absolute atomic E-state index is 11.8. The largest absolute Gasteiger partial charge is 0.484 e. The van der Waals surface area contributed by atoms with E-state index in [1.165, 1.54) is 0 Å². The molecule has 128 valence electrons. The van der Waals surface area contributed by atoms with Crippen LogP contribution in [0.5, 0.6) is 5.75 Å². The van der Waals surface area contributed by atoms with Crippen molar-refractivity contribution in [2.24, 2.45) is 0 Å². The van der Waals surface area contributed by atoms with Gasteiger partial charge in [0.05, 0.1) is 17.9 Å². The van der Waals surface area contributed by atoms with Gasteiger partial charge in [0.1, 0.15) is 5.75 Å². The zero-order valence-corrected chi connectivity index (χ0v) is 14.1. The van der Waals surface area contributed by atoms with Gasteiger partial charge in [0.2, 0.25) is 5.89 Å². The highest BCUT2D eigenvalue weighted by molar-refractivity contribution is 5.89. The second-order valence-electron chi connectivity index (χ2n) is 5.75. The molecule has 0 bridgehead atoms. The third-order valence-electron chi connectivity index (χ3n) is 3.41. The van der Waals surface area contributed by atoms with Crippen LogP contribution in [0.25, 0.3) is 11.3 Å². The standard InChI is InChI=1S/C20H19NO4/c1-14(2)24-20(22)16-8-10-17(11-9-16)23-13-19-21-12-18(25-19)15-6-4-3-5-7-15/h3-12,14H,13H2,1-2H3. The third-order valence-corrected chi connectivity index (χ3v) is 3.41. The molecule has 3 aromatic rings. The van der Waals surface area contributed by atoms with Crippen LogP contribution in [0.2, 0.25) is 0 Å². The number of benzene rings is 2. The number of nitrogens with zero attached hydrogens (tertiary/aromatic N) is 1. The van der Waals surface area contributed by atoms with Gasteiger partial charge in [0.25, 0.3) is 0 Å². The van der Waals surface area contributed by atoms with Gasteiger partial charge in [-0.2, -0.15) is 0 Å². The third kappa shape index (κ3) is 4.47. The molecule has 0 saturated carbocycles. The molecular weight excluding hydrogens is 318 g/mol. The van der Waals surface area contributed by atoms with Gasteiger partial charge in [-0.05, 0) is 38.1 Å². The van der Waals surface area contributed by atoms with Gasteiger partial charge in [-0.25, -0.2) is 9.78 Å². The van der Waals surface area contributed by atoms with Crippen LogP contribution >= 0.6 is 0 Å². The molecule has 0 atom stereocenters. The Morgan fingerprint density at radius 3 is 2.48 bits per heavy atom. The zero-order valence-electron chi connectivity index (χ0n) is 14.1. The van der Waals surface area contributed by atoms with Crippen molar-refractivity contribution in [2.75, 3.05) is 0 Å². The molecule has 0 aliphatic carbocycles. The number of hydrogen-bond acceptors (Lipinski definition) is 5. The summed E-state index contributed by atoms with van der Waals surface area (Å²) in [6, 6.07) is 16.5. The lowest BCUT2D eigenvalue weighted by atomic mass is 10.2. The number of carbonyl (C=O) groups is 1. The molecule has 0 N–H and O–H groups in total. The highest BCUT2D eigenvalue weighted by Crippen LogP contribution is 2.21. The zero-order chi connectivity index (χ0) is 17.6. The SMILES string of the molecule is CC(C)OC(=O)c1ccc(OCc2ncc(-c3ccccc3)o2)cc1. The first kappa shape index (κ1) is 16.8. The number of rotatable bonds is 6. The van der Waals surface area contributed by atoms with E-state index in [0.29, 0.717) is 23.0 Å². The molecule has 0 unspecified atom stereocenters. The Bertz CT molecular complexity index is 822. The summed E-state index contributed by atoms with van der Waals surface area (Å²) < 4.78 is 16.5. The van der Waals surface area contributed by atoms with E-state index in [1.807, 2.05) is 44.2 Å². The van der Waals surface area contributed by atoms with E-state index in [-0.39, 0.29) is 18.7 Å². The molecule has 5 heteroatoms. The van der Waals surface area contributed by atoms with Gasteiger partial charge in [-0.15, -0.1) is 0 Å². The summed E-state index contributed by atoms with van der Waals surface area (Å²) in [5.41, 5.74) is 1.46. The first-order valence-electron chi connectivity index (χ1n) is 8.06. The lowest BCUT2D eigenvalue weighted by molar-refractivity contribution is 0.0378. The van der Waals surface area contributed by atoms with Crippen molar-refractivity contribution in [1.29, 1.82) is 0 Å². The molecule has 0 fully saturated rings. The van der Waals surface area contributed by atoms with Crippen molar-refractivity contribution >= 4 is 5.97 Å². The molecule has 0 spiro atoms. The molecule has 0 aliphatic heterocycles. The average Bonchev–Trinajstić information content (AvgIpc) is 3.10. The van der Waals surface area contributed by atoms with E-state index < -0.39 is 0 Å². The van der Waals surface area contributed by atoms with E-state index in [2.05, 4.69) is 4.98 Å². The molecule has 25 heavy (non-hydrogen) atoms. The number of esters is 1. The lowest BCUT2D eigenvalue weighted by Gasteiger charge is -2.08. The van der Waals surface area contributed by atoms with Crippen LogP contribution in [0.1, 0.15) is 30.1 Å². The number of oxazole rings is 1. The Morgan fingerprint density at radius 1 is 1.08 bits per heavy atom. The van der Waals surface area contributed by atoms with Gasteiger partial charge in [-0.1, -0.05) is 30.3 Å². The molecule has 3 rings (SSSR count). The normalized spacial score (nSPS) is 10.7. The number of ether oxygens (including phenoxy) is 2. The van der Waals surface area contributed by atoms with Crippen molar-refractivity contribution in [1.82, 2.24) is 4.98 Å². The minimum Gasteiger partial charge on any atom is -0.484 e. The highest BCUT2D eigenvalue weighted by Gasteiger charge is 2.10. The van der Waals surface area contributed by atoms with Crippen molar-refractivity contribution < 1.29 is 18.7 Å². The topological polar surface area (TPSA) is 61.6 Å². The molecule has 2 aromatic carbocycles. The smallest absolute Gasteiger partial charge is 0.338 e. The fourth-order valence-electron chi connectivity index (χ4n) is 2.23. The van der Waals surface area contributed by atoms with E-state index in [9.17, 15) is 4.79 Å². The number of aromatic nitrogens is 1. The maximum atomic E-state index is 11.8. The Morgan fingerprint density at radius 2 is 1.80 bits per heavy atom. The molecule has 0 aliphatic rings. The molecular formula is C20H19NO4. The fourth-order valence-corrected chi connectivity index (χ4v) is 2.23. The van der Waals surface area contributed by atoms with Gasteiger partial charge in [0, 0.05) is 5.56 Å². The monoisotopic (exact) mass is 337 g/mol. The van der Waals surface area contributed by atoms with Crippen LogP contribution in [0, 0.1) is 0 Å². The van der Waals surface area contributed by atoms with Crippen molar-refractivity contribution in [3.05, 3.63) is 72.2 Å². The van der Waals surface area contributed by atoms with Gasteiger partial charge in [-0.3, -0.25) is 0 Å². The average molecular weight is 337 g/mol. The van der Waals surface area contributed by atoms with Gasteiger partial charge >= 0.3 is 5.97 Å². The van der Waals surface area contributed by atoms with Crippen LogP contribution in [-0.2, 0) is 11.3 Å². The summed E-state index contributed by atoms with van der Waals surface area (Å²) in [4.78, 5) is 16.0. The van der Waals surface area contributed by atoms with Crippen LogP contribution in [-0.4, -0.2) is 17.1 Å². The summed E-state index contributed by atoms with van der Waals surface area (Å²) in [7, 11) is 0. The molecule has 0 amide bonds.